The van der Waals surface area contributed by atoms with Gasteiger partial charge in [0.25, 0.3) is 0 Å². The van der Waals surface area contributed by atoms with Crippen LogP contribution in [-0.2, 0) is 0 Å². The number of nitriles is 1. The van der Waals surface area contributed by atoms with E-state index in [9.17, 15) is 4.39 Å². The van der Waals surface area contributed by atoms with E-state index in [-0.39, 0.29) is 5.56 Å². The normalized spacial score (nSPS) is 9.71. The van der Waals surface area contributed by atoms with Crippen LogP contribution in [0.3, 0.4) is 0 Å². The molecule has 0 aliphatic heterocycles. The fraction of sp³-hybridized carbons (Fsp3) is 0.0714. The van der Waals surface area contributed by atoms with Gasteiger partial charge in [-0.25, -0.2) is 4.39 Å². The largest absolute Gasteiger partial charge is 0.456 e. The molecule has 0 bridgehead atoms. The van der Waals surface area contributed by atoms with Gasteiger partial charge in [-0.15, -0.1) is 0 Å². The standard InChI is InChI=1S/C14H10FNO/c1-10-2-5-13(6-3-10)17-14-7-4-12(15)8-11(14)9-16/h2-8H,1H3. The molecular weight excluding hydrogens is 217 g/mol. The fourth-order valence-corrected chi connectivity index (χ4v) is 1.41. The van der Waals surface area contributed by atoms with Gasteiger partial charge in [0.15, 0.2) is 0 Å². The van der Waals surface area contributed by atoms with Gasteiger partial charge in [0.2, 0.25) is 0 Å². The lowest BCUT2D eigenvalue weighted by molar-refractivity contribution is 0.479. The summed E-state index contributed by atoms with van der Waals surface area (Å²) in [6.07, 6.45) is 0. The predicted octanol–water partition coefficient (Wildman–Crippen LogP) is 3.80. The second-order valence-corrected chi connectivity index (χ2v) is 3.67. The quantitative estimate of drug-likeness (QED) is 0.781. The Kier molecular flexibility index (Phi) is 3.06. The fourth-order valence-electron chi connectivity index (χ4n) is 1.41. The Morgan fingerprint density at radius 2 is 1.82 bits per heavy atom. The highest BCUT2D eigenvalue weighted by Crippen LogP contribution is 2.25. The minimum Gasteiger partial charge on any atom is -0.456 e. The van der Waals surface area contributed by atoms with E-state index >= 15 is 0 Å². The zero-order valence-corrected chi connectivity index (χ0v) is 9.27. The van der Waals surface area contributed by atoms with Crippen molar-refractivity contribution in [3.63, 3.8) is 0 Å². The Balaban J connectivity index is 2.30. The molecule has 3 heteroatoms. The highest BCUT2D eigenvalue weighted by molar-refractivity contribution is 5.45. The molecule has 0 aliphatic carbocycles. The van der Waals surface area contributed by atoms with Gasteiger partial charge >= 0.3 is 0 Å². The molecule has 0 spiro atoms. The minimum absolute atomic E-state index is 0.186. The number of aryl methyl sites for hydroxylation is 1. The van der Waals surface area contributed by atoms with Crippen molar-refractivity contribution < 1.29 is 9.13 Å². The Hall–Kier alpha value is -2.34. The number of nitrogens with zero attached hydrogens (tertiary/aromatic N) is 1. The maximum atomic E-state index is 12.9. The SMILES string of the molecule is Cc1ccc(Oc2ccc(F)cc2C#N)cc1. The van der Waals surface area contributed by atoms with Gasteiger partial charge in [-0.2, -0.15) is 5.26 Å². The van der Waals surface area contributed by atoms with Crippen molar-refractivity contribution in [3.05, 3.63) is 59.4 Å². The smallest absolute Gasteiger partial charge is 0.145 e. The van der Waals surface area contributed by atoms with Crippen molar-refractivity contribution in [2.45, 2.75) is 6.92 Å². The van der Waals surface area contributed by atoms with Crippen LogP contribution in [0.4, 0.5) is 4.39 Å². The Labute approximate surface area is 98.9 Å². The lowest BCUT2D eigenvalue weighted by Crippen LogP contribution is -1.89. The predicted molar refractivity (Wildman–Crippen MR) is 62.4 cm³/mol. The number of hydrogen-bond acceptors (Lipinski definition) is 2. The molecule has 17 heavy (non-hydrogen) atoms. The molecule has 0 heterocycles. The van der Waals surface area contributed by atoms with Crippen LogP contribution in [0.25, 0.3) is 0 Å². The second kappa shape index (κ2) is 4.67. The van der Waals surface area contributed by atoms with Crippen LogP contribution < -0.4 is 4.74 Å². The first kappa shape index (κ1) is 11.2. The molecule has 0 saturated heterocycles. The summed E-state index contributed by atoms with van der Waals surface area (Å²) in [6, 6.07) is 13.2. The Morgan fingerprint density at radius 3 is 2.47 bits per heavy atom. The summed E-state index contributed by atoms with van der Waals surface area (Å²) in [4.78, 5) is 0. The zero-order chi connectivity index (χ0) is 12.3. The van der Waals surface area contributed by atoms with Crippen LogP contribution in [0.15, 0.2) is 42.5 Å². The van der Waals surface area contributed by atoms with Crippen molar-refractivity contribution >= 4 is 0 Å². The summed E-state index contributed by atoms with van der Waals surface area (Å²) in [5, 5.41) is 8.87. The van der Waals surface area contributed by atoms with E-state index in [1.54, 1.807) is 12.1 Å². The molecule has 0 atom stereocenters. The molecule has 2 rings (SSSR count). The maximum absolute atomic E-state index is 12.9. The first-order valence-electron chi connectivity index (χ1n) is 5.13. The van der Waals surface area contributed by atoms with Gasteiger partial charge in [-0.05, 0) is 37.3 Å². The molecule has 0 fully saturated rings. The molecule has 0 saturated carbocycles. The van der Waals surface area contributed by atoms with Gasteiger partial charge in [0.05, 0.1) is 5.56 Å². The Bertz CT molecular complexity index is 570. The van der Waals surface area contributed by atoms with Gasteiger partial charge in [-0.3, -0.25) is 0 Å². The molecular formula is C14H10FNO. The second-order valence-electron chi connectivity index (χ2n) is 3.67. The third-order valence-corrected chi connectivity index (χ3v) is 2.31. The molecule has 0 aliphatic rings. The monoisotopic (exact) mass is 227 g/mol. The van der Waals surface area contributed by atoms with E-state index in [4.69, 9.17) is 10.00 Å². The van der Waals surface area contributed by atoms with Gasteiger partial charge in [0, 0.05) is 0 Å². The van der Waals surface area contributed by atoms with Gasteiger partial charge in [-0.1, -0.05) is 17.7 Å². The first-order chi connectivity index (χ1) is 8.19. The summed E-state index contributed by atoms with van der Waals surface area (Å²) in [7, 11) is 0. The van der Waals surface area contributed by atoms with E-state index in [2.05, 4.69) is 0 Å². The van der Waals surface area contributed by atoms with Crippen LogP contribution >= 0.6 is 0 Å². The number of ether oxygens (including phenoxy) is 1. The van der Waals surface area contributed by atoms with E-state index in [1.807, 2.05) is 25.1 Å². The molecule has 0 radical (unpaired) electrons. The highest BCUT2D eigenvalue weighted by atomic mass is 19.1. The molecule has 0 unspecified atom stereocenters. The summed E-state index contributed by atoms with van der Waals surface area (Å²) < 4.78 is 18.4. The molecule has 0 N–H and O–H groups in total. The highest BCUT2D eigenvalue weighted by Gasteiger charge is 2.05. The van der Waals surface area contributed by atoms with Gasteiger partial charge in [0.1, 0.15) is 23.4 Å². The van der Waals surface area contributed by atoms with Crippen molar-refractivity contribution in [2.75, 3.05) is 0 Å². The molecule has 2 nitrogen and oxygen atoms in total. The molecule has 0 aromatic heterocycles. The summed E-state index contributed by atoms with van der Waals surface area (Å²) in [5.41, 5.74) is 1.31. The third kappa shape index (κ3) is 2.61. The first-order valence-corrected chi connectivity index (χ1v) is 5.13. The van der Waals surface area contributed by atoms with Crippen LogP contribution in [0, 0.1) is 24.1 Å². The van der Waals surface area contributed by atoms with Crippen molar-refractivity contribution in [1.82, 2.24) is 0 Å². The number of benzene rings is 2. The van der Waals surface area contributed by atoms with E-state index in [1.165, 1.54) is 12.1 Å². The molecule has 2 aromatic rings. The summed E-state index contributed by atoms with van der Waals surface area (Å²) in [6.45, 7) is 1.97. The Morgan fingerprint density at radius 1 is 1.12 bits per heavy atom. The van der Waals surface area contributed by atoms with E-state index < -0.39 is 5.82 Å². The van der Waals surface area contributed by atoms with E-state index in [0.717, 1.165) is 11.6 Å². The number of halogens is 1. The lowest BCUT2D eigenvalue weighted by Gasteiger charge is -2.07. The number of hydrogen-bond donors (Lipinski definition) is 0. The minimum atomic E-state index is -0.446. The number of rotatable bonds is 2. The molecule has 2 aromatic carbocycles. The maximum Gasteiger partial charge on any atom is 0.145 e. The third-order valence-electron chi connectivity index (χ3n) is 2.31. The van der Waals surface area contributed by atoms with Crippen LogP contribution in [-0.4, -0.2) is 0 Å². The van der Waals surface area contributed by atoms with Crippen molar-refractivity contribution in [3.8, 4) is 17.6 Å². The average molecular weight is 227 g/mol. The molecule has 0 amide bonds. The van der Waals surface area contributed by atoms with Crippen LogP contribution in [0.5, 0.6) is 11.5 Å². The van der Waals surface area contributed by atoms with Crippen molar-refractivity contribution in [2.24, 2.45) is 0 Å². The van der Waals surface area contributed by atoms with Crippen LogP contribution in [0.2, 0.25) is 0 Å². The lowest BCUT2D eigenvalue weighted by atomic mass is 10.2. The summed E-state index contributed by atoms with van der Waals surface area (Å²) >= 11 is 0. The molecule has 84 valence electrons. The van der Waals surface area contributed by atoms with Crippen molar-refractivity contribution in [1.29, 1.82) is 5.26 Å². The summed E-state index contributed by atoms with van der Waals surface area (Å²) in [5.74, 6) is 0.536. The van der Waals surface area contributed by atoms with E-state index in [0.29, 0.717) is 11.5 Å². The zero-order valence-electron chi connectivity index (χ0n) is 9.27. The van der Waals surface area contributed by atoms with Gasteiger partial charge < -0.3 is 4.74 Å². The topological polar surface area (TPSA) is 33.0 Å². The average Bonchev–Trinajstić information content (AvgIpc) is 2.34. The van der Waals surface area contributed by atoms with Crippen LogP contribution in [0.1, 0.15) is 11.1 Å².